The molecule has 0 fully saturated rings. The second kappa shape index (κ2) is 4.61. The Hall–Kier alpha value is -1.56. The number of nitrogens with zero attached hydrogens (tertiary/aromatic N) is 2. The van der Waals surface area contributed by atoms with Gasteiger partial charge in [-0.25, -0.2) is 9.78 Å². The summed E-state index contributed by atoms with van der Waals surface area (Å²) in [4.78, 5) is 15.8. The van der Waals surface area contributed by atoms with Gasteiger partial charge in [0.25, 0.3) is 0 Å². The summed E-state index contributed by atoms with van der Waals surface area (Å²) in [6, 6.07) is 3.59. The third-order valence-electron chi connectivity index (χ3n) is 2.11. The maximum absolute atomic E-state index is 11.6. The summed E-state index contributed by atoms with van der Waals surface area (Å²) in [6.45, 7) is 5.46. The molecule has 96 valence electrons. The van der Waals surface area contributed by atoms with Crippen molar-refractivity contribution in [2.45, 2.75) is 26.4 Å². The van der Waals surface area contributed by atoms with Crippen LogP contribution in [0.25, 0.3) is 5.65 Å². The van der Waals surface area contributed by atoms with Crippen LogP contribution in [0.1, 0.15) is 20.8 Å². The number of aromatic nitrogens is 2. The van der Waals surface area contributed by atoms with Gasteiger partial charge >= 0.3 is 6.09 Å². The molecule has 6 heteroatoms. The number of ether oxygens (including phenoxy) is 1. The van der Waals surface area contributed by atoms with Crippen molar-refractivity contribution in [3.05, 3.63) is 29.1 Å². The zero-order valence-electron chi connectivity index (χ0n) is 10.4. The van der Waals surface area contributed by atoms with Gasteiger partial charge in [0, 0.05) is 6.20 Å². The number of anilines is 1. The number of halogens is 1. The van der Waals surface area contributed by atoms with Gasteiger partial charge in [0.2, 0.25) is 0 Å². The second-order valence-corrected chi connectivity index (χ2v) is 5.67. The first-order chi connectivity index (χ1) is 8.35. The van der Waals surface area contributed by atoms with Crippen LogP contribution >= 0.6 is 15.9 Å². The highest BCUT2D eigenvalue weighted by Crippen LogP contribution is 2.17. The van der Waals surface area contributed by atoms with Crippen molar-refractivity contribution < 1.29 is 9.53 Å². The summed E-state index contributed by atoms with van der Waals surface area (Å²) in [6.07, 6.45) is 3.00. The predicted octanol–water partition coefficient (Wildman–Crippen LogP) is 3.44. The minimum Gasteiger partial charge on any atom is -0.444 e. The van der Waals surface area contributed by atoms with Gasteiger partial charge in [0.05, 0.1) is 11.9 Å². The van der Waals surface area contributed by atoms with Crippen LogP contribution in [-0.4, -0.2) is 21.1 Å². The summed E-state index contributed by atoms with van der Waals surface area (Å²) < 4.78 is 7.83. The fraction of sp³-hybridized carbons (Fsp3) is 0.333. The van der Waals surface area contributed by atoms with E-state index in [1.54, 1.807) is 18.5 Å². The number of amides is 1. The zero-order chi connectivity index (χ0) is 13.3. The molecule has 2 aromatic rings. The molecule has 2 heterocycles. The number of imidazole rings is 1. The Bertz CT molecular complexity index is 587. The summed E-state index contributed by atoms with van der Waals surface area (Å²) in [5, 5.41) is 2.68. The number of carbonyl (C=O) groups excluding carboxylic acids is 1. The van der Waals surface area contributed by atoms with Crippen molar-refractivity contribution in [3.8, 4) is 0 Å². The van der Waals surface area contributed by atoms with Gasteiger partial charge in [0.1, 0.15) is 15.9 Å². The lowest BCUT2D eigenvalue weighted by atomic mass is 10.2. The molecule has 0 radical (unpaired) electrons. The van der Waals surface area contributed by atoms with Gasteiger partial charge in [-0.15, -0.1) is 0 Å². The van der Waals surface area contributed by atoms with Crippen molar-refractivity contribution in [2.24, 2.45) is 0 Å². The number of pyridine rings is 1. The van der Waals surface area contributed by atoms with Crippen LogP contribution in [0.5, 0.6) is 0 Å². The molecule has 18 heavy (non-hydrogen) atoms. The van der Waals surface area contributed by atoms with Crippen molar-refractivity contribution in [2.75, 3.05) is 5.32 Å². The van der Waals surface area contributed by atoms with Crippen molar-refractivity contribution in [3.63, 3.8) is 0 Å². The molecule has 0 bridgehead atoms. The van der Waals surface area contributed by atoms with E-state index < -0.39 is 11.7 Å². The summed E-state index contributed by atoms with van der Waals surface area (Å²) >= 11 is 3.37. The third-order valence-corrected chi connectivity index (χ3v) is 2.69. The number of carbonyl (C=O) groups is 1. The summed E-state index contributed by atoms with van der Waals surface area (Å²) in [5.74, 6) is 0. The van der Waals surface area contributed by atoms with Crippen LogP contribution < -0.4 is 5.32 Å². The van der Waals surface area contributed by atoms with E-state index in [1.165, 1.54) is 0 Å². The third kappa shape index (κ3) is 3.01. The van der Waals surface area contributed by atoms with E-state index in [0.717, 1.165) is 10.3 Å². The maximum atomic E-state index is 11.6. The van der Waals surface area contributed by atoms with Gasteiger partial charge in [-0.1, -0.05) is 0 Å². The fourth-order valence-electron chi connectivity index (χ4n) is 1.45. The molecule has 1 amide bonds. The Morgan fingerprint density at radius 3 is 2.83 bits per heavy atom. The molecule has 0 saturated heterocycles. The molecule has 2 rings (SSSR count). The highest BCUT2D eigenvalue weighted by molar-refractivity contribution is 9.10. The lowest BCUT2D eigenvalue weighted by Crippen LogP contribution is -2.27. The molecule has 0 saturated carbocycles. The molecule has 5 nitrogen and oxygen atoms in total. The van der Waals surface area contributed by atoms with E-state index in [2.05, 4.69) is 26.2 Å². The molecule has 0 aliphatic carbocycles. The van der Waals surface area contributed by atoms with E-state index in [1.807, 2.05) is 31.2 Å². The molecular formula is C12H14BrN3O2. The molecule has 0 aliphatic rings. The first-order valence-corrected chi connectivity index (χ1v) is 6.27. The second-order valence-electron chi connectivity index (χ2n) is 4.85. The fourth-order valence-corrected chi connectivity index (χ4v) is 1.83. The average molecular weight is 312 g/mol. The number of nitrogens with one attached hydrogen (secondary N) is 1. The molecule has 0 unspecified atom stereocenters. The highest BCUT2D eigenvalue weighted by Gasteiger charge is 2.16. The normalized spacial score (nSPS) is 11.6. The Morgan fingerprint density at radius 1 is 1.44 bits per heavy atom. The summed E-state index contributed by atoms with van der Waals surface area (Å²) in [7, 11) is 0. The van der Waals surface area contributed by atoms with Gasteiger partial charge < -0.3 is 4.74 Å². The molecule has 2 aromatic heterocycles. The molecule has 1 N–H and O–H groups in total. The van der Waals surface area contributed by atoms with E-state index >= 15 is 0 Å². The van der Waals surface area contributed by atoms with E-state index in [-0.39, 0.29) is 0 Å². The van der Waals surface area contributed by atoms with E-state index in [9.17, 15) is 4.79 Å². The maximum Gasteiger partial charge on any atom is 0.412 e. The van der Waals surface area contributed by atoms with Crippen LogP contribution in [0.4, 0.5) is 10.5 Å². The Kier molecular flexibility index (Phi) is 3.30. The highest BCUT2D eigenvalue weighted by atomic mass is 79.9. The molecule has 0 aromatic carbocycles. The van der Waals surface area contributed by atoms with Crippen molar-refractivity contribution >= 4 is 33.4 Å². The zero-order valence-corrected chi connectivity index (χ0v) is 12.0. The quantitative estimate of drug-likeness (QED) is 0.877. The van der Waals surface area contributed by atoms with Crippen LogP contribution in [-0.2, 0) is 4.74 Å². The molecular weight excluding hydrogens is 298 g/mol. The largest absolute Gasteiger partial charge is 0.444 e. The van der Waals surface area contributed by atoms with Gasteiger partial charge in [-0.2, -0.15) is 0 Å². The van der Waals surface area contributed by atoms with Gasteiger partial charge in [-0.05, 0) is 48.8 Å². The number of hydrogen-bond acceptors (Lipinski definition) is 3. The lowest BCUT2D eigenvalue weighted by molar-refractivity contribution is 0.0636. The topological polar surface area (TPSA) is 55.6 Å². The molecule has 0 aliphatic heterocycles. The number of rotatable bonds is 1. The Morgan fingerprint density at radius 2 is 2.17 bits per heavy atom. The lowest BCUT2D eigenvalue weighted by Gasteiger charge is -2.19. The Labute approximate surface area is 113 Å². The van der Waals surface area contributed by atoms with E-state index in [4.69, 9.17) is 4.74 Å². The van der Waals surface area contributed by atoms with E-state index in [0.29, 0.717) is 5.69 Å². The van der Waals surface area contributed by atoms with Crippen LogP contribution in [0, 0.1) is 0 Å². The van der Waals surface area contributed by atoms with Gasteiger partial charge in [-0.3, -0.25) is 9.72 Å². The summed E-state index contributed by atoms with van der Waals surface area (Å²) in [5.41, 5.74) is 0.941. The van der Waals surface area contributed by atoms with Crippen LogP contribution in [0.3, 0.4) is 0 Å². The monoisotopic (exact) mass is 311 g/mol. The molecule has 0 spiro atoms. The number of hydrogen-bond donors (Lipinski definition) is 1. The SMILES string of the molecule is CC(C)(C)OC(=O)Nc1ccc2ncc(Br)n2c1. The van der Waals surface area contributed by atoms with Crippen molar-refractivity contribution in [1.29, 1.82) is 0 Å². The molecule has 0 atom stereocenters. The van der Waals surface area contributed by atoms with Crippen LogP contribution in [0.15, 0.2) is 29.1 Å². The predicted molar refractivity (Wildman–Crippen MR) is 72.7 cm³/mol. The van der Waals surface area contributed by atoms with Gasteiger partial charge in [0.15, 0.2) is 0 Å². The standard InChI is InChI=1S/C12H14BrN3O2/c1-12(2,3)18-11(17)15-8-4-5-10-14-6-9(13)16(10)7-8/h4-7H,1-3H3,(H,15,17). The first kappa shape index (κ1) is 12.9. The first-order valence-electron chi connectivity index (χ1n) is 5.48. The Balaban J connectivity index is 2.17. The van der Waals surface area contributed by atoms with Crippen LogP contribution in [0.2, 0.25) is 0 Å². The average Bonchev–Trinajstić information content (AvgIpc) is 2.57. The van der Waals surface area contributed by atoms with Crippen molar-refractivity contribution in [1.82, 2.24) is 9.38 Å². The number of fused-ring (bicyclic) bond motifs is 1. The minimum atomic E-state index is -0.510. The minimum absolute atomic E-state index is 0.474. The smallest absolute Gasteiger partial charge is 0.412 e.